The van der Waals surface area contributed by atoms with Crippen LogP contribution in [0.15, 0.2) is 0 Å². The molecule has 0 radical (unpaired) electrons. The predicted molar refractivity (Wildman–Crippen MR) is 73.3 cm³/mol. The number of hydrogen-bond acceptors (Lipinski definition) is 3. The lowest BCUT2D eigenvalue weighted by atomic mass is 9.84. The minimum Gasteiger partial charge on any atom is -0.313 e. The standard InChI is InChI=1S/C14H29N3/c1-12(2)15-7-10-17-9-6-14-13(11-17)5-4-8-16(14)3/h12-15H,4-11H2,1-3H3. The van der Waals surface area contributed by atoms with Gasteiger partial charge in [0, 0.05) is 31.7 Å². The van der Waals surface area contributed by atoms with Gasteiger partial charge in [-0.05, 0) is 45.3 Å². The van der Waals surface area contributed by atoms with Crippen LogP contribution in [0.25, 0.3) is 0 Å². The third-order valence-corrected chi connectivity index (χ3v) is 4.41. The van der Waals surface area contributed by atoms with Gasteiger partial charge in [0.25, 0.3) is 0 Å². The summed E-state index contributed by atoms with van der Waals surface area (Å²) in [5.41, 5.74) is 0. The van der Waals surface area contributed by atoms with Crippen molar-refractivity contribution in [3.8, 4) is 0 Å². The van der Waals surface area contributed by atoms with Gasteiger partial charge in [-0.2, -0.15) is 0 Å². The topological polar surface area (TPSA) is 18.5 Å². The second kappa shape index (κ2) is 6.17. The summed E-state index contributed by atoms with van der Waals surface area (Å²) in [6, 6.07) is 1.49. The van der Waals surface area contributed by atoms with Gasteiger partial charge in [0.2, 0.25) is 0 Å². The predicted octanol–water partition coefficient (Wildman–Crippen LogP) is 1.40. The largest absolute Gasteiger partial charge is 0.313 e. The van der Waals surface area contributed by atoms with E-state index in [1.54, 1.807) is 0 Å². The molecule has 0 aliphatic carbocycles. The molecule has 0 aromatic rings. The molecule has 2 atom stereocenters. The summed E-state index contributed by atoms with van der Waals surface area (Å²) < 4.78 is 0. The van der Waals surface area contributed by atoms with Gasteiger partial charge < -0.3 is 15.1 Å². The summed E-state index contributed by atoms with van der Waals surface area (Å²) >= 11 is 0. The van der Waals surface area contributed by atoms with E-state index in [0.717, 1.165) is 18.5 Å². The zero-order valence-electron chi connectivity index (χ0n) is 11.8. The third-order valence-electron chi connectivity index (χ3n) is 4.41. The number of fused-ring (bicyclic) bond motifs is 1. The first-order valence-corrected chi connectivity index (χ1v) is 7.33. The van der Waals surface area contributed by atoms with Crippen molar-refractivity contribution in [2.75, 3.05) is 39.8 Å². The summed E-state index contributed by atoms with van der Waals surface area (Å²) in [7, 11) is 2.31. The molecule has 17 heavy (non-hydrogen) atoms. The maximum Gasteiger partial charge on any atom is 0.0145 e. The van der Waals surface area contributed by atoms with Crippen LogP contribution in [0.2, 0.25) is 0 Å². The highest BCUT2D eigenvalue weighted by Gasteiger charge is 2.33. The van der Waals surface area contributed by atoms with Crippen molar-refractivity contribution in [1.29, 1.82) is 0 Å². The number of piperidine rings is 2. The highest BCUT2D eigenvalue weighted by atomic mass is 15.2. The first kappa shape index (κ1) is 13.3. The highest BCUT2D eigenvalue weighted by Crippen LogP contribution is 2.29. The molecule has 2 heterocycles. The van der Waals surface area contributed by atoms with Crippen LogP contribution in [-0.2, 0) is 0 Å². The van der Waals surface area contributed by atoms with Gasteiger partial charge in [0.15, 0.2) is 0 Å². The lowest BCUT2D eigenvalue weighted by Crippen LogP contribution is -2.53. The Kier molecular flexibility index (Phi) is 4.83. The van der Waals surface area contributed by atoms with E-state index in [2.05, 4.69) is 36.0 Å². The Morgan fingerprint density at radius 3 is 2.82 bits per heavy atom. The molecule has 0 aromatic heterocycles. The Morgan fingerprint density at radius 1 is 1.24 bits per heavy atom. The normalized spacial score (nSPS) is 31.8. The minimum absolute atomic E-state index is 0.619. The van der Waals surface area contributed by atoms with Gasteiger partial charge >= 0.3 is 0 Å². The van der Waals surface area contributed by atoms with Crippen LogP contribution in [0.1, 0.15) is 33.1 Å². The van der Waals surface area contributed by atoms with E-state index in [0.29, 0.717) is 6.04 Å². The third kappa shape index (κ3) is 3.67. The Morgan fingerprint density at radius 2 is 2.06 bits per heavy atom. The monoisotopic (exact) mass is 239 g/mol. The van der Waals surface area contributed by atoms with Crippen molar-refractivity contribution >= 4 is 0 Å². The van der Waals surface area contributed by atoms with E-state index in [1.165, 1.54) is 45.4 Å². The molecule has 2 saturated heterocycles. The van der Waals surface area contributed by atoms with E-state index in [4.69, 9.17) is 0 Å². The molecule has 0 amide bonds. The highest BCUT2D eigenvalue weighted by molar-refractivity contribution is 4.89. The van der Waals surface area contributed by atoms with Gasteiger partial charge in [-0.25, -0.2) is 0 Å². The van der Waals surface area contributed by atoms with Crippen molar-refractivity contribution < 1.29 is 0 Å². The van der Waals surface area contributed by atoms with E-state index >= 15 is 0 Å². The summed E-state index contributed by atoms with van der Waals surface area (Å²) in [6.45, 7) is 10.8. The van der Waals surface area contributed by atoms with Crippen LogP contribution >= 0.6 is 0 Å². The van der Waals surface area contributed by atoms with Gasteiger partial charge in [-0.3, -0.25) is 0 Å². The van der Waals surface area contributed by atoms with Gasteiger partial charge in [-0.15, -0.1) is 0 Å². The fourth-order valence-corrected chi connectivity index (χ4v) is 3.44. The number of nitrogens with zero attached hydrogens (tertiary/aromatic N) is 2. The Hall–Kier alpha value is -0.120. The summed E-state index contributed by atoms with van der Waals surface area (Å²) in [4.78, 5) is 5.26. The molecule has 2 unspecified atom stereocenters. The Bertz CT molecular complexity index is 228. The molecule has 3 heteroatoms. The summed E-state index contributed by atoms with van der Waals surface area (Å²) in [5.74, 6) is 0.932. The Balaban J connectivity index is 1.73. The molecule has 0 spiro atoms. The number of likely N-dealkylation sites (tertiary alicyclic amines) is 2. The second-order valence-electron chi connectivity index (χ2n) is 6.15. The molecule has 2 rings (SSSR count). The van der Waals surface area contributed by atoms with Crippen molar-refractivity contribution in [3.05, 3.63) is 0 Å². The van der Waals surface area contributed by atoms with Crippen molar-refractivity contribution in [2.45, 2.75) is 45.2 Å². The number of nitrogens with one attached hydrogen (secondary N) is 1. The number of rotatable bonds is 4. The van der Waals surface area contributed by atoms with Crippen LogP contribution in [0.3, 0.4) is 0 Å². The smallest absolute Gasteiger partial charge is 0.0145 e. The van der Waals surface area contributed by atoms with Gasteiger partial charge in [0.05, 0.1) is 0 Å². The quantitative estimate of drug-likeness (QED) is 0.800. The van der Waals surface area contributed by atoms with Crippen LogP contribution in [0.4, 0.5) is 0 Å². The summed E-state index contributed by atoms with van der Waals surface area (Å²) in [6.07, 6.45) is 4.22. The van der Waals surface area contributed by atoms with Crippen molar-refractivity contribution in [1.82, 2.24) is 15.1 Å². The molecule has 0 bridgehead atoms. The molecule has 100 valence electrons. The van der Waals surface area contributed by atoms with Crippen LogP contribution in [-0.4, -0.2) is 61.7 Å². The average molecular weight is 239 g/mol. The number of hydrogen-bond donors (Lipinski definition) is 1. The fraction of sp³-hybridized carbons (Fsp3) is 1.00. The van der Waals surface area contributed by atoms with Crippen molar-refractivity contribution in [2.24, 2.45) is 5.92 Å². The summed E-state index contributed by atoms with van der Waals surface area (Å²) in [5, 5.41) is 3.52. The Labute approximate surface area is 107 Å². The average Bonchev–Trinajstić information content (AvgIpc) is 2.29. The molecule has 0 aromatic carbocycles. The van der Waals surface area contributed by atoms with Gasteiger partial charge in [0.1, 0.15) is 0 Å². The lowest BCUT2D eigenvalue weighted by molar-refractivity contribution is 0.0389. The molecular formula is C14H29N3. The van der Waals surface area contributed by atoms with Crippen LogP contribution < -0.4 is 5.32 Å². The van der Waals surface area contributed by atoms with E-state index in [9.17, 15) is 0 Å². The van der Waals surface area contributed by atoms with Crippen molar-refractivity contribution in [3.63, 3.8) is 0 Å². The minimum atomic E-state index is 0.619. The van der Waals surface area contributed by atoms with Crippen LogP contribution in [0, 0.1) is 5.92 Å². The van der Waals surface area contributed by atoms with E-state index < -0.39 is 0 Å². The second-order valence-corrected chi connectivity index (χ2v) is 6.15. The van der Waals surface area contributed by atoms with Crippen LogP contribution in [0.5, 0.6) is 0 Å². The molecular weight excluding hydrogens is 210 g/mol. The maximum absolute atomic E-state index is 3.52. The molecule has 2 aliphatic heterocycles. The first-order valence-electron chi connectivity index (χ1n) is 7.33. The zero-order chi connectivity index (χ0) is 12.3. The maximum atomic E-state index is 3.52. The first-order chi connectivity index (χ1) is 8.16. The molecule has 1 N–H and O–H groups in total. The van der Waals surface area contributed by atoms with E-state index in [-0.39, 0.29) is 0 Å². The van der Waals surface area contributed by atoms with Gasteiger partial charge in [-0.1, -0.05) is 13.8 Å². The molecule has 0 saturated carbocycles. The fourth-order valence-electron chi connectivity index (χ4n) is 3.44. The lowest BCUT2D eigenvalue weighted by Gasteiger charge is -2.46. The molecule has 2 fully saturated rings. The molecule has 3 nitrogen and oxygen atoms in total. The van der Waals surface area contributed by atoms with E-state index in [1.807, 2.05) is 0 Å². The SMILES string of the molecule is CC(C)NCCN1CCC2C(CCCN2C)C1. The molecule has 2 aliphatic rings. The zero-order valence-corrected chi connectivity index (χ0v) is 11.8.